The van der Waals surface area contributed by atoms with E-state index < -0.39 is 71.0 Å². The Hall–Kier alpha value is -2.01. The van der Waals surface area contributed by atoms with Gasteiger partial charge in [0, 0.05) is 16.9 Å². The van der Waals surface area contributed by atoms with E-state index >= 15 is 0 Å². The van der Waals surface area contributed by atoms with Crippen LogP contribution in [0, 0.1) is 0 Å². The molecule has 0 spiro atoms. The second-order valence-electron chi connectivity index (χ2n) is 6.41. The lowest BCUT2D eigenvalue weighted by Crippen LogP contribution is -2.61. The van der Waals surface area contributed by atoms with E-state index in [0.717, 1.165) is 34.7 Å². The van der Waals surface area contributed by atoms with Gasteiger partial charge in [-0.1, -0.05) is 34.7 Å². The van der Waals surface area contributed by atoms with Crippen LogP contribution < -0.4 is 17.1 Å². The highest BCUT2D eigenvalue weighted by atomic mass is 127. The van der Waals surface area contributed by atoms with Crippen LogP contribution in [0.25, 0.3) is 0 Å². The SMILES string of the molecule is C=CCn1c(=O)n(CC=C)c(=O)n(CC(I)CC(F)(F)C(F)(F)C(F)(F)C(F)(F)F)c1=O. The van der Waals surface area contributed by atoms with Crippen LogP contribution in [0.15, 0.2) is 39.7 Å². The van der Waals surface area contributed by atoms with E-state index in [1.54, 1.807) is 0 Å². The fourth-order valence-corrected chi connectivity index (χ4v) is 3.43. The lowest BCUT2D eigenvalue weighted by atomic mass is 9.99. The van der Waals surface area contributed by atoms with Crippen LogP contribution in [0.5, 0.6) is 0 Å². The van der Waals surface area contributed by atoms with Gasteiger partial charge in [0.2, 0.25) is 0 Å². The topological polar surface area (TPSA) is 66.0 Å². The third-order valence-corrected chi connectivity index (χ3v) is 4.91. The highest BCUT2D eigenvalue weighted by Gasteiger charge is 2.81. The number of aromatic nitrogens is 3. The molecule has 1 atom stereocenters. The van der Waals surface area contributed by atoms with E-state index in [1.807, 2.05) is 0 Å². The molecule has 0 aliphatic heterocycles. The van der Waals surface area contributed by atoms with Crippen molar-refractivity contribution < 1.29 is 39.5 Å². The van der Waals surface area contributed by atoms with Crippen molar-refractivity contribution in [2.45, 2.75) is 53.9 Å². The zero-order valence-electron chi connectivity index (χ0n) is 15.8. The van der Waals surface area contributed by atoms with Crippen LogP contribution in [0.3, 0.4) is 0 Å². The molecule has 0 aliphatic carbocycles. The Morgan fingerprint density at radius 2 is 1.12 bits per heavy atom. The lowest BCUT2D eigenvalue weighted by molar-refractivity contribution is -0.396. The molecule has 0 radical (unpaired) electrons. The van der Waals surface area contributed by atoms with Crippen molar-refractivity contribution in [3.63, 3.8) is 0 Å². The van der Waals surface area contributed by atoms with Gasteiger partial charge in [0.1, 0.15) is 0 Å². The quantitative estimate of drug-likeness (QED) is 0.181. The summed E-state index contributed by atoms with van der Waals surface area (Å²) in [6.45, 7) is 4.59. The molecule has 0 aliphatic rings. The fraction of sp³-hybridized carbons (Fsp3) is 0.562. The molecule has 0 saturated heterocycles. The second kappa shape index (κ2) is 9.46. The summed E-state index contributed by atoms with van der Waals surface area (Å²) in [5, 5.41) is 0. The summed E-state index contributed by atoms with van der Waals surface area (Å²) < 4.78 is 117. The third-order valence-electron chi connectivity index (χ3n) is 4.08. The molecule has 1 heterocycles. The Bertz CT molecular complexity index is 992. The predicted molar refractivity (Wildman–Crippen MR) is 103 cm³/mol. The first kappa shape index (κ1) is 28.0. The summed E-state index contributed by atoms with van der Waals surface area (Å²) in [5.74, 6) is -19.8. The maximum Gasteiger partial charge on any atom is 0.460 e. The van der Waals surface area contributed by atoms with E-state index in [-0.39, 0.29) is 4.57 Å². The standard InChI is InChI=1S/C16H15F9IN3O3/c1-3-5-27-10(30)28(6-4-2)12(32)29(11(27)31)8-9(26)7-13(17,18)14(19,20)15(21,22)16(23,24)25/h3-4,9H,1-2,5-8H2. The highest BCUT2D eigenvalue weighted by Crippen LogP contribution is 2.54. The normalized spacial score (nSPS) is 14.3. The van der Waals surface area contributed by atoms with Crippen LogP contribution >= 0.6 is 22.6 Å². The monoisotopic (exact) mass is 595 g/mol. The maximum atomic E-state index is 13.9. The molecule has 182 valence electrons. The van der Waals surface area contributed by atoms with Gasteiger partial charge in [0.05, 0.1) is 13.1 Å². The number of halogens is 10. The van der Waals surface area contributed by atoms with Gasteiger partial charge >= 0.3 is 41.0 Å². The zero-order valence-corrected chi connectivity index (χ0v) is 18.0. The number of allylic oxidation sites excluding steroid dienone is 2. The summed E-state index contributed by atoms with van der Waals surface area (Å²) in [6, 6.07) is 0. The maximum absolute atomic E-state index is 13.9. The summed E-state index contributed by atoms with van der Waals surface area (Å²) in [5.41, 5.74) is -3.82. The smallest absolute Gasteiger partial charge is 0.247 e. The molecule has 1 aromatic heterocycles. The third kappa shape index (κ3) is 4.98. The first-order valence-electron chi connectivity index (χ1n) is 8.37. The molecular formula is C16H15F9IN3O3. The number of rotatable bonds is 10. The molecule has 0 fully saturated rings. The molecule has 0 bridgehead atoms. The van der Waals surface area contributed by atoms with Crippen molar-refractivity contribution in [2.75, 3.05) is 0 Å². The average Bonchev–Trinajstić information content (AvgIpc) is 2.64. The molecule has 0 amide bonds. The highest BCUT2D eigenvalue weighted by molar-refractivity contribution is 14.1. The van der Waals surface area contributed by atoms with E-state index in [4.69, 9.17) is 0 Å². The molecule has 0 saturated carbocycles. The zero-order chi connectivity index (χ0) is 25.3. The van der Waals surface area contributed by atoms with E-state index in [1.165, 1.54) is 0 Å². The summed E-state index contributed by atoms with van der Waals surface area (Å²) in [4.78, 5) is 37.0. The Labute approximate surface area is 186 Å². The molecule has 1 unspecified atom stereocenters. The number of hydrogen-bond donors (Lipinski definition) is 0. The second-order valence-corrected chi connectivity index (χ2v) is 8.17. The molecule has 0 N–H and O–H groups in total. The summed E-state index contributed by atoms with van der Waals surface area (Å²) in [7, 11) is 0. The Balaban J connectivity index is 3.42. The van der Waals surface area contributed by atoms with Crippen molar-refractivity contribution in [3.05, 3.63) is 56.8 Å². The van der Waals surface area contributed by atoms with Gasteiger partial charge < -0.3 is 0 Å². The van der Waals surface area contributed by atoms with Crippen molar-refractivity contribution >= 4 is 22.6 Å². The van der Waals surface area contributed by atoms with Gasteiger partial charge in [-0.2, -0.15) is 39.5 Å². The average molecular weight is 595 g/mol. The fourth-order valence-electron chi connectivity index (χ4n) is 2.49. The Morgan fingerprint density at radius 3 is 1.47 bits per heavy atom. The van der Waals surface area contributed by atoms with Crippen LogP contribution in [0.1, 0.15) is 6.42 Å². The van der Waals surface area contributed by atoms with Crippen molar-refractivity contribution in [1.29, 1.82) is 0 Å². The minimum atomic E-state index is -7.05. The van der Waals surface area contributed by atoms with E-state index in [0.29, 0.717) is 9.13 Å². The van der Waals surface area contributed by atoms with Crippen molar-refractivity contribution in [1.82, 2.24) is 13.7 Å². The predicted octanol–water partition coefficient (Wildman–Crippen LogP) is 3.21. The van der Waals surface area contributed by atoms with Gasteiger partial charge in [-0.05, 0) is 0 Å². The summed E-state index contributed by atoms with van der Waals surface area (Å²) >= 11 is 0.993. The van der Waals surface area contributed by atoms with Gasteiger partial charge in [0.15, 0.2) is 0 Å². The van der Waals surface area contributed by atoms with Gasteiger partial charge in [-0.3, -0.25) is 0 Å². The van der Waals surface area contributed by atoms with Crippen LogP contribution in [0.4, 0.5) is 39.5 Å². The van der Waals surface area contributed by atoms with E-state index in [9.17, 15) is 53.9 Å². The molecular weight excluding hydrogens is 580 g/mol. The number of alkyl halides is 10. The van der Waals surface area contributed by atoms with Gasteiger partial charge in [0.25, 0.3) is 0 Å². The molecule has 1 aromatic rings. The van der Waals surface area contributed by atoms with E-state index in [2.05, 4.69) is 13.2 Å². The van der Waals surface area contributed by atoms with Crippen LogP contribution in [-0.2, 0) is 19.6 Å². The largest absolute Gasteiger partial charge is 0.460 e. The first-order valence-corrected chi connectivity index (χ1v) is 9.62. The molecule has 16 heteroatoms. The molecule has 32 heavy (non-hydrogen) atoms. The minimum absolute atomic E-state index is 0.196. The van der Waals surface area contributed by atoms with Crippen LogP contribution in [0.2, 0.25) is 0 Å². The number of hydrogen-bond acceptors (Lipinski definition) is 3. The van der Waals surface area contributed by atoms with Crippen molar-refractivity contribution in [2.24, 2.45) is 0 Å². The van der Waals surface area contributed by atoms with Crippen LogP contribution in [-0.4, -0.2) is 41.6 Å². The Kier molecular flexibility index (Phi) is 8.29. The Morgan fingerprint density at radius 1 is 0.750 bits per heavy atom. The van der Waals surface area contributed by atoms with Gasteiger partial charge in [-0.25, -0.2) is 28.1 Å². The van der Waals surface area contributed by atoms with Gasteiger partial charge in [-0.15, -0.1) is 13.2 Å². The minimum Gasteiger partial charge on any atom is -0.247 e. The number of nitrogens with zero attached hydrogens (tertiary/aromatic N) is 3. The molecule has 1 rings (SSSR count). The summed E-state index contributed by atoms with van der Waals surface area (Å²) in [6.07, 6.45) is -7.06. The molecule has 0 aromatic carbocycles. The van der Waals surface area contributed by atoms with Crippen molar-refractivity contribution in [3.8, 4) is 0 Å². The first-order chi connectivity index (χ1) is 14.4. The molecule has 6 nitrogen and oxygen atoms in total. The lowest BCUT2D eigenvalue weighted by Gasteiger charge is -2.34.